The number of hydrogen-bond donors (Lipinski definition) is 0. The Morgan fingerprint density at radius 3 is 2.53 bits per heavy atom. The number of aromatic nitrogens is 1. The molecule has 0 bridgehead atoms. The minimum atomic E-state index is -4.43. The Labute approximate surface area is 94.1 Å². The molecule has 1 aromatic heterocycles. The lowest BCUT2D eigenvalue weighted by atomic mass is 10.1. The van der Waals surface area contributed by atoms with Crippen LogP contribution in [0.5, 0.6) is 0 Å². The highest BCUT2D eigenvalue weighted by Gasteiger charge is 2.30. The third-order valence-electron chi connectivity index (χ3n) is 2.26. The zero-order chi connectivity index (χ0) is 12.6. The molecule has 1 aromatic carbocycles. The molecule has 6 heteroatoms. The van der Waals surface area contributed by atoms with Crippen LogP contribution in [0.3, 0.4) is 0 Å². The van der Waals surface area contributed by atoms with Gasteiger partial charge in [0.15, 0.2) is 0 Å². The highest BCUT2D eigenvalue weighted by atomic mass is 19.4. The first-order valence-corrected chi connectivity index (χ1v) is 4.72. The molecule has 0 saturated carbocycles. The van der Waals surface area contributed by atoms with E-state index in [-0.39, 0.29) is 11.1 Å². The fraction of sp³-hybridized carbons (Fsp3) is 0.182. The smallest absolute Gasteiger partial charge is 0.336 e. The van der Waals surface area contributed by atoms with E-state index in [2.05, 4.69) is 4.52 Å². The van der Waals surface area contributed by atoms with E-state index in [0.29, 0.717) is 0 Å². The maximum absolute atomic E-state index is 12.5. The van der Waals surface area contributed by atoms with Gasteiger partial charge < -0.3 is 4.52 Å². The van der Waals surface area contributed by atoms with Crippen LogP contribution in [-0.2, 0) is 13.2 Å². The predicted octanol–water partition coefficient (Wildman–Crippen LogP) is 2.66. The van der Waals surface area contributed by atoms with E-state index in [0.717, 1.165) is 16.9 Å². The summed E-state index contributed by atoms with van der Waals surface area (Å²) in [7, 11) is 1.48. The van der Waals surface area contributed by atoms with Gasteiger partial charge in [-0.1, -0.05) is 12.1 Å². The second-order valence-electron chi connectivity index (χ2n) is 3.55. The molecule has 0 aliphatic heterocycles. The molecule has 2 aromatic rings. The van der Waals surface area contributed by atoms with E-state index in [9.17, 15) is 18.0 Å². The summed E-state index contributed by atoms with van der Waals surface area (Å²) in [5.74, 6) is 0. The molecule has 90 valence electrons. The van der Waals surface area contributed by atoms with Crippen LogP contribution in [0.1, 0.15) is 5.56 Å². The Morgan fingerprint density at radius 2 is 2.00 bits per heavy atom. The summed E-state index contributed by atoms with van der Waals surface area (Å²) in [6, 6.07) is 4.56. The van der Waals surface area contributed by atoms with Crippen molar-refractivity contribution in [2.45, 2.75) is 6.18 Å². The SMILES string of the molecule is Cn1cc(-c2cccc(C(F)(F)F)c2)c(=O)o1. The molecular weight excluding hydrogens is 235 g/mol. The molecule has 0 unspecified atom stereocenters. The molecule has 0 aliphatic rings. The minimum absolute atomic E-state index is 0.110. The molecule has 0 radical (unpaired) electrons. The number of alkyl halides is 3. The van der Waals surface area contributed by atoms with Crippen molar-refractivity contribution in [3.8, 4) is 11.1 Å². The van der Waals surface area contributed by atoms with Crippen molar-refractivity contribution in [2.75, 3.05) is 0 Å². The lowest BCUT2D eigenvalue weighted by Gasteiger charge is -2.06. The maximum Gasteiger partial charge on any atom is 0.416 e. The van der Waals surface area contributed by atoms with Crippen LogP contribution in [0.4, 0.5) is 13.2 Å². The lowest BCUT2D eigenvalue weighted by molar-refractivity contribution is -0.137. The van der Waals surface area contributed by atoms with Crippen molar-refractivity contribution < 1.29 is 17.7 Å². The van der Waals surface area contributed by atoms with E-state index in [1.165, 1.54) is 25.4 Å². The van der Waals surface area contributed by atoms with Crippen LogP contribution < -0.4 is 5.63 Å². The van der Waals surface area contributed by atoms with Gasteiger partial charge in [0.2, 0.25) is 0 Å². The average Bonchev–Trinajstić information content (AvgIpc) is 2.57. The van der Waals surface area contributed by atoms with Crippen LogP contribution in [-0.4, -0.2) is 4.74 Å². The molecule has 0 spiro atoms. The van der Waals surface area contributed by atoms with Gasteiger partial charge in [0.25, 0.3) is 0 Å². The van der Waals surface area contributed by atoms with Crippen molar-refractivity contribution in [2.24, 2.45) is 7.05 Å². The van der Waals surface area contributed by atoms with Crippen LogP contribution in [0.25, 0.3) is 11.1 Å². The van der Waals surface area contributed by atoms with Gasteiger partial charge in [-0.3, -0.25) is 0 Å². The minimum Gasteiger partial charge on any atom is -0.336 e. The first kappa shape index (κ1) is 11.5. The van der Waals surface area contributed by atoms with Crippen molar-refractivity contribution >= 4 is 0 Å². The van der Waals surface area contributed by atoms with Crippen LogP contribution in [0, 0.1) is 0 Å². The molecule has 17 heavy (non-hydrogen) atoms. The largest absolute Gasteiger partial charge is 0.416 e. The quantitative estimate of drug-likeness (QED) is 0.771. The summed E-state index contributed by atoms with van der Waals surface area (Å²) >= 11 is 0. The van der Waals surface area contributed by atoms with E-state index >= 15 is 0 Å². The van der Waals surface area contributed by atoms with Gasteiger partial charge in [0, 0.05) is 7.05 Å². The molecule has 0 amide bonds. The van der Waals surface area contributed by atoms with Crippen LogP contribution >= 0.6 is 0 Å². The predicted molar refractivity (Wildman–Crippen MR) is 54.4 cm³/mol. The van der Waals surface area contributed by atoms with E-state index in [1.54, 1.807) is 0 Å². The van der Waals surface area contributed by atoms with Gasteiger partial charge in [0.1, 0.15) is 0 Å². The summed E-state index contributed by atoms with van der Waals surface area (Å²) in [5.41, 5.74) is -1.15. The Hall–Kier alpha value is -1.98. The Bertz CT molecular complexity index is 595. The zero-order valence-electron chi connectivity index (χ0n) is 8.78. The number of hydrogen-bond acceptors (Lipinski definition) is 2. The Morgan fingerprint density at radius 1 is 1.29 bits per heavy atom. The van der Waals surface area contributed by atoms with Gasteiger partial charge in [-0.15, -0.1) is 0 Å². The molecule has 0 saturated heterocycles. The molecule has 2 rings (SSSR count). The van der Waals surface area contributed by atoms with Crippen molar-refractivity contribution in [1.82, 2.24) is 4.74 Å². The normalized spacial score (nSPS) is 11.8. The number of halogens is 3. The molecule has 0 aliphatic carbocycles. The fourth-order valence-electron chi connectivity index (χ4n) is 1.50. The van der Waals surface area contributed by atoms with Crippen molar-refractivity contribution in [3.05, 3.63) is 46.4 Å². The zero-order valence-corrected chi connectivity index (χ0v) is 8.78. The highest BCUT2D eigenvalue weighted by molar-refractivity contribution is 5.62. The second kappa shape index (κ2) is 3.80. The Balaban J connectivity index is 2.54. The Kier molecular flexibility index (Phi) is 2.57. The highest BCUT2D eigenvalue weighted by Crippen LogP contribution is 2.31. The fourth-order valence-corrected chi connectivity index (χ4v) is 1.50. The van der Waals surface area contributed by atoms with Gasteiger partial charge in [0.05, 0.1) is 17.3 Å². The van der Waals surface area contributed by atoms with Crippen LogP contribution in [0.2, 0.25) is 0 Å². The summed E-state index contributed by atoms with van der Waals surface area (Å²) in [6.07, 6.45) is -3.08. The lowest BCUT2D eigenvalue weighted by Crippen LogP contribution is -2.05. The second-order valence-corrected chi connectivity index (χ2v) is 3.55. The van der Waals surface area contributed by atoms with Crippen LogP contribution in [0.15, 0.2) is 39.8 Å². The molecule has 0 N–H and O–H groups in total. The van der Waals surface area contributed by atoms with Gasteiger partial charge in [-0.25, -0.2) is 9.53 Å². The number of aryl methyl sites for hydroxylation is 1. The molecule has 0 fully saturated rings. The molecule has 1 heterocycles. The number of nitrogens with zero attached hydrogens (tertiary/aromatic N) is 1. The topological polar surface area (TPSA) is 35.1 Å². The van der Waals surface area contributed by atoms with E-state index < -0.39 is 17.4 Å². The standard InChI is InChI=1S/C11H8F3NO2/c1-15-6-9(10(16)17-15)7-3-2-4-8(5-7)11(12,13)14/h2-6H,1H3. The monoisotopic (exact) mass is 243 g/mol. The number of rotatable bonds is 1. The summed E-state index contributed by atoms with van der Waals surface area (Å²) in [5, 5.41) is 0. The summed E-state index contributed by atoms with van der Waals surface area (Å²) in [6.45, 7) is 0. The first-order chi connectivity index (χ1) is 7.88. The molecule has 0 atom stereocenters. The number of benzene rings is 1. The van der Waals surface area contributed by atoms with E-state index in [1.807, 2.05) is 0 Å². The molecular formula is C11H8F3NO2. The van der Waals surface area contributed by atoms with Gasteiger partial charge in [-0.05, 0) is 17.7 Å². The third-order valence-corrected chi connectivity index (χ3v) is 2.26. The van der Waals surface area contributed by atoms with Gasteiger partial charge >= 0.3 is 11.8 Å². The van der Waals surface area contributed by atoms with Crippen molar-refractivity contribution in [1.29, 1.82) is 0 Å². The first-order valence-electron chi connectivity index (χ1n) is 4.72. The van der Waals surface area contributed by atoms with Gasteiger partial charge in [-0.2, -0.15) is 13.2 Å². The van der Waals surface area contributed by atoms with Crippen molar-refractivity contribution in [3.63, 3.8) is 0 Å². The summed E-state index contributed by atoms with van der Waals surface area (Å²) in [4.78, 5) is 11.3. The third kappa shape index (κ3) is 2.25. The molecule has 3 nitrogen and oxygen atoms in total. The summed E-state index contributed by atoms with van der Waals surface area (Å²) < 4.78 is 43.3. The van der Waals surface area contributed by atoms with E-state index in [4.69, 9.17) is 0 Å². The maximum atomic E-state index is 12.5. The average molecular weight is 243 g/mol.